The van der Waals surface area contributed by atoms with E-state index in [1.807, 2.05) is 4.72 Å². The first kappa shape index (κ1) is 9.47. The van der Waals surface area contributed by atoms with Gasteiger partial charge >= 0.3 is 0 Å². The standard InChI is InChI=1S/C6H11NO4S/c1-2-6(8)7-12(9,10)5-3-11-4-5/h5H,2-4H2,1H3,(H,7,8). The van der Waals surface area contributed by atoms with Gasteiger partial charge in [-0.2, -0.15) is 0 Å². The van der Waals surface area contributed by atoms with E-state index < -0.39 is 21.2 Å². The van der Waals surface area contributed by atoms with Gasteiger partial charge in [0.2, 0.25) is 15.9 Å². The Bertz CT molecular complexity index is 267. The van der Waals surface area contributed by atoms with Crippen molar-refractivity contribution in [3.05, 3.63) is 0 Å². The molecule has 0 radical (unpaired) electrons. The third kappa shape index (κ3) is 1.95. The van der Waals surface area contributed by atoms with Gasteiger partial charge in [0.1, 0.15) is 5.25 Å². The molecule has 1 aliphatic heterocycles. The van der Waals surface area contributed by atoms with Crippen LogP contribution in [-0.4, -0.2) is 32.8 Å². The van der Waals surface area contributed by atoms with Crippen LogP contribution in [0.5, 0.6) is 0 Å². The monoisotopic (exact) mass is 193 g/mol. The molecule has 1 rings (SSSR count). The number of nitrogens with one attached hydrogen (secondary N) is 1. The van der Waals surface area contributed by atoms with Crippen molar-refractivity contribution in [3.8, 4) is 0 Å². The molecule has 1 heterocycles. The van der Waals surface area contributed by atoms with E-state index in [0.29, 0.717) is 0 Å². The zero-order valence-corrected chi connectivity index (χ0v) is 7.56. The van der Waals surface area contributed by atoms with Crippen molar-refractivity contribution in [1.29, 1.82) is 0 Å². The number of carbonyl (C=O) groups is 1. The summed E-state index contributed by atoms with van der Waals surface area (Å²) in [7, 11) is -3.46. The molecule has 6 heteroatoms. The lowest BCUT2D eigenvalue weighted by molar-refractivity contribution is -0.119. The summed E-state index contributed by atoms with van der Waals surface area (Å²) in [6.45, 7) is 1.97. The fraction of sp³-hybridized carbons (Fsp3) is 0.833. The van der Waals surface area contributed by atoms with Gasteiger partial charge in [0.05, 0.1) is 13.2 Å². The quantitative estimate of drug-likeness (QED) is 0.639. The van der Waals surface area contributed by atoms with Crippen LogP contribution in [0.25, 0.3) is 0 Å². The van der Waals surface area contributed by atoms with E-state index in [0.717, 1.165) is 0 Å². The van der Waals surface area contributed by atoms with Gasteiger partial charge in [-0.25, -0.2) is 8.42 Å². The smallest absolute Gasteiger partial charge is 0.242 e. The number of hydrogen-bond donors (Lipinski definition) is 1. The molecule has 0 aromatic carbocycles. The number of sulfonamides is 1. The van der Waals surface area contributed by atoms with Crippen LogP contribution < -0.4 is 4.72 Å². The molecule has 1 saturated heterocycles. The second-order valence-corrected chi connectivity index (χ2v) is 4.54. The topological polar surface area (TPSA) is 72.5 Å². The predicted octanol–water partition coefficient (Wildman–Crippen LogP) is -0.759. The van der Waals surface area contributed by atoms with Gasteiger partial charge in [0, 0.05) is 6.42 Å². The van der Waals surface area contributed by atoms with E-state index >= 15 is 0 Å². The highest BCUT2D eigenvalue weighted by Crippen LogP contribution is 2.09. The summed E-state index contributed by atoms with van der Waals surface area (Å²) >= 11 is 0. The van der Waals surface area contributed by atoms with Crippen LogP contribution in [0.1, 0.15) is 13.3 Å². The Kier molecular flexibility index (Phi) is 2.69. The maximum atomic E-state index is 11.2. The van der Waals surface area contributed by atoms with Crippen LogP contribution in [0.2, 0.25) is 0 Å². The minimum atomic E-state index is -3.46. The van der Waals surface area contributed by atoms with Crippen molar-refractivity contribution in [2.45, 2.75) is 18.6 Å². The van der Waals surface area contributed by atoms with Crippen LogP contribution in [0.3, 0.4) is 0 Å². The Labute approximate surface area is 71.1 Å². The lowest BCUT2D eigenvalue weighted by atomic mass is 10.4. The second kappa shape index (κ2) is 3.40. The minimum absolute atomic E-state index is 0.173. The molecule has 1 aliphatic rings. The Balaban J connectivity index is 2.54. The Hall–Kier alpha value is -0.620. The normalized spacial score (nSPS) is 18.4. The molecule has 0 unspecified atom stereocenters. The SMILES string of the molecule is CCC(=O)NS(=O)(=O)C1COC1. The summed E-state index contributed by atoms with van der Waals surface area (Å²) in [6.07, 6.45) is 0.173. The molecule has 0 aliphatic carbocycles. The molecule has 1 fully saturated rings. The number of ether oxygens (including phenoxy) is 1. The summed E-state index contributed by atoms with van der Waals surface area (Å²) in [4.78, 5) is 10.7. The van der Waals surface area contributed by atoms with Gasteiger partial charge in [-0.3, -0.25) is 9.52 Å². The van der Waals surface area contributed by atoms with Crippen molar-refractivity contribution < 1.29 is 17.9 Å². The first-order valence-electron chi connectivity index (χ1n) is 3.68. The molecule has 0 aromatic rings. The van der Waals surface area contributed by atoms with Crippen LogP contribution in [0, 0.1) is 0 Å². The molecule has 0 saturated carbocycles. The van der Waals surface area contributed by atoms with Crippen molar-refractivity contribution in [1.82, 2.24) is 4.72 Å². The molecule has 1 N–H and O–H groups in total. The second-order valence-electron chi connectivity index (χ2n) is 2.58. The molecule has 70 valence electrons. The van der Waals surface area contributed by atoms with Gasteiger partial charge in [0.25, 0.3) is 0 Å². The lowest BCUT2D eigenvalue weighted by Gasteiger charge is -2.25. The summed E-state index contributed by atoms with van der Waals surface area (Å²) in [6, 6.07) is 0. The Morgan fingerprint density at radius 3 is 2.50 bits per heavy atom. The zero-order valence-electron chi connectivity index (χ0n) is 6.74. The van der Waals surface area contributed by atoms with Crippen LogP contribution in [0.15, 0.2) is 0 Å². The number of carbonyl (C=O) groups excluding carboxylic acids is 1. The summed E-state index contributed by atoms with van der Waals surface area (Å²) in [5.74, 6) is -0.470. The van der Waals surface area contributed by atoms with Crippen molar-refractivity contribution >= 4 is 15.9 Å². The zero-order chi connectivity index (χ0) is 9.19. The lowest BCUT2D eigenvalue weighted by Crippen LogP contribution is -2.48. The molecule has 1 amide bonds. The summed E-state index contributed by atoms with van der Waals surface area (Å²) < 4.78 is 29.0. The highest BCUT2D eigenvalue weighted by Gasteiger charge is 2.33. The van der Waals surface area contributed by atoms with Gasteiger partial charge in [-0.1, -0.05) is 6.92 Å². The number of amides is 1. The average Bonchev–Trinajstić information content (AvgIpc) is 1.80. The highest BCUT2D eigenvalue weighted by molar-refractivity contribution is 7.90. The third-order valence-electron chi connectivity index (χ3n) is 1.62. The Morgan fingerprint density at radius 1 is 1.58 bits per heavy atom. The molecule has 0 aromatic heterocycles. The molecule has 12 heavy (non-hydrogen) atoms. The maximum Gasteiger partial charge on any atom is 0.242 e. The largest absolute Gasteiger partial charge is 0.378 e. The van der Waals surface area contributed by atoms with E-state index in [-0.39, 0.29) is 19.6 Å². The molecular formula is C6H11NO4S. The first-order chi connectivity index (χ1) is 5.56. The molecular weight excluding hydrogens is 182 g/mol. The minimum Gasteiger partial charge on any atom is -0.378 e. The maximum absolute atomic E-state index is 11.2. The van der Waals surface area contributed by atoms with Crippen molar-refractivity contribution in [3.63, 3.8) is 0 Å². The van der Waals surface area contributed by atoms with Gasteiger partial charge in [-0.05, 0) is 0 Å². The van der Waals surface area contributed by atoms with Crippen LogP contribution >= 0.6 is 0 Å². The van der Waals surface area contributed by atoms with Crippen molar-refractivity contribution in [2.75, 3.05) is 13.2 Å². The van der Waals surface area contributed by atoms with Crippen molar-refractivity contribution in [2.24, 2.45) is 0 Å². The Morgan fingerprint density at radius 2 is 2.17 bits per heavy atom. The molecule has 0 atom stereocenters. The van der Waals surface area contributed by atoms with E-state index in [2.05, 4.69) is 0 Å². The number of hydrogen-bond acceptors (Lipinski definition) is 4. The van der Waals surface area contributed by atoms with Gasteiger partial charge < -0.3 is 4.74 Å². The van der Waals surface area contributed by atoms with Crippen LogP contribution in [0.4, 0.5) is 0 Å². The number of rotatable bonds is 3. The molecule has 0 spiro atoms. The molecule has 5 nitrogen and oxygen atoms in total. The van der Waals surface area contributed by atoms with Gasteiger partial charge in [-0.15, -0.1) is 0 Å². The van der Waals surface area contributed by atoms with Gasteiger partial charge in [0.15, 0.2) is 0 Å². The summed E-state index contributed by atoms with van der Waals surface area (Å²) in [5.41, 5.74) is 0. The summed E-state index contributed by atoms with van der Waals surface area (Å²) in [5, 5.41) is -0.548. The van der Waals surface area contributed by atoms with E-state index in [4.69, 9.17) is 4.74 Å². The first-order valence-corrected chi connectivity index (χ1v) is 5.23. The third-order valence-corrected chi connectivity index (χ3v) is 3.29. The highest BCUT2D eigenvalue weighted by atomic mass is 32.2. The van der Waals surface area contributed by atoms with E-state index in [9.17, 15) is 13.2 Å². The molecule has 0 bridgehead atoms. The van der Waals surface area contributed by atoms with E-state index in [1.54, 1.807) is 6.92 Å². The van der Waals surface area contributed by atoms with Crippen LogP contribution in [-0.2, 0) is 19.6 Å². The average molecular weight is 193 g/mol. The fourth-order valence-electron chi connectivity index (χ4n) is 0.707. The fourth-order valence-corrected chi connectivity index (χ4v) is 1.89. The van der Waals surface area contributed by atoms with E-state index in [1.165, 1.54) is 0 Å². The predicted molar refractivity (Wildman–Crippen MR) is 42.0 cm³/mol.